The highest BCUT2D eigenvalue weighted by Crippen LogP contribution is 2.20. The average molecular weight is 529 g/mol. The maximum atomic E-state index is 13.5. The number of phenols is 1. The van der Waals surface area contributed by atoms with Crippen LogP contribution in [0.2, 0.25) is 0 Å². The number of hydrogen-bond donors (Lipinski definition) is 6. The highest BCUT2D eigenvalue weighted by Gasteiger charge is 2.39. The zero-order valence-electron chi connectivity index (χ0n) is 21.6. The lowest BCUT2D eigenvalue weighted by Crippen LogP contribution is -2.59. The van der Waals surface area contributed by atoms with Gasteiger partial charge in [0.05, 0.1) is 12.4 Å². The molecular formula is C26H36N6O6. The molecule has 1 aliphatic heterocycles. The fraction of sp³-hybridized carbons (Fsp3) is 0.500. The third kappa shape index (κ3) is 7.31. The third-order valence-corrected chi connectivity index (χ3v) is 6.94. The normalized spacial score (nSPS) is 18.3. The summed E-state index contributed by atoms with van der Waals surface area (Å²) in [6.45, 7) is 3.97. The molecule has 1 aromatic carbocycles. The number of carbonyl (C=O) groups is 4. The van der Waals surface area contributed by atoms with Crippen LogP contribution in [0, 0.1) is 5.92 Å². The molecule has 1 fully saturated rings. The maximum absolute atomic E-state index is 13.5. The Morgan fingerprint density at radius 3 is 2.47 bits per heavy atom. The van der Waals surface area contributed by atoms with Gasteiger partial charge < -0.3 is 36.5 Å². The molecule has 0 bridgehead atoms. The number of carbonyl (C=O) groups excluding carboxylic acids is 3. The number of nitrogens with zero attached hydrogens (tertiary/aromatic N) is 2. The first kappa shape index (κ1) is 28.6. The van der Waals surface area contributed by atoms with Gasteiger partial charge in [-0.25, -0.2) is 9.78 Å². The van der Waals surface area contributed by atoms with Gasteiger partial charge in [0.2, 0.25) is 17.7 Å². The van der Waals surface area contributed by atoms with Crippen molar-refractivity contribution >= 4 is 23.7 Å². The van der Waals surface area contributed by atoms with Crippen molar-refractivity contribution in [3.63, 3.8) is 0 Å². The van der Waals surface area contributed by atoms with Crippen molar-refractivity contribution < 1.29 is 29.4 Å². The Bertz CT molecular complexity index is 1110. The number of benzene rings is 1. The molecule has 2 aromatic rings. The summed E-state index contributed by atoms with van der Waals surface area (Å²) in [5.41, 5.74) is 7.45. The van der Waals surface area contributed by atoms with Crippen molar-refractivity contribution in [1.29, 1.82) is 0 Å². The van der Waals surface area contributed by atoms with Crippen LogP contribution in [0.4, 0.5) is 0 Å². The zero-order valence-corrected chi connectivity index (χ0v) is 21.6. The number of phenolic OH excluding ortho intramolecular Hbond substituents is 1. The molecule has 3 amide bonds. The molecule has 0 spiro atoms. The van der Waals surface area contributed by atoms with E-state index in [0.717, 1.165) is 5.56 Å². The van der Waals surface area contributed by atoms with E-state index in [1.165, 1.54) is 29.6 Å². The first-order valence-corrected chi connectivity index (χ1v) is 12.8. The molecule has 5 unspecified atom stereocenters. The number of nitrogens with two attached hydrogens (primary N) is 1. The van der Waals surface area contributed by atoms with Gasteiger partial charge in [0.15, 0.2) is 0 Å². The SMILES string of the molecule is CCC(C)C(NC(=O)C(N)Cc1ccc(O)cc1)C(=O)NC(Cc1cnc[nH]1)C(=O)N1CCCC1C(=O)O. The molecule has 1 aliphatic rings. The Balaban J connectivity index is 1.75. The minimum Gasteiger partial charge on any atom is -0.508 e. The van der Waals surface area contributed by atoms with Crippen molar-refractivity contribution in [1.82, 2.24) is 25.5 Å². The molecule has 0 saturated carbocycles. The van der Waals surface area contributed by atoms with Gasteiger partial charge in [-0.3, -0.25) is 14.4 Å². The van der Waals surface area contributed by atoms with Gasteiger partial charge in [0, 0.05) is 24.9 Å². The monoisotopic (exact) mass is 528 g/mol. The number of aromatic hydroxyl groups is 1. The quantitative estimate of drug-likeness (QED) is 0.227. The molecular weight excluding hydrogens is 492 g/mol. The van der Waals surface area contributed by atoms with Crippen molar-refractivity contribution in [3.05, 3.63) is 48.0 Å². The van der Waals surface area contributed by atoms with Crippen LogP contribution in [0.1, 0.15) is 44.4 Å². The minimum atomic E-state index is -1.09. The first-order valence-electron chi connectivity index (χ1n) is 12.8. The van der Waals surface area contributed by atoms with Gasteiger partial charge >= 0.3 is 5.97 Å². The molecule has 5 atom stereocenters. The summed E-state index contributed by atoms with van der Waals surface area (Å²) >= 11 is 0. The molecule has 1 aromatic heterocycles. The fourth-order valence-corrected chi connectivity index (χ4v) is 4.51. The van der Waals surface area contributed by atoms with Gasteiger partial charge in [-0.05, 0) is 42.9 Å². The van der Waals surface area contributed by atoms with E-state index in [-0.39, 0.29) is 31.1 Å². The second-order valence-electron chi connectivity index (χ2n) is 9.72. The summed E-state index contributed by atoms with van der Waals surface area (Å²) in [7, 11) is 0. The fourth-order valence-electron chi connectivity index (χ4n) is 4.51. The van der Waals surface area contributed by atoms with Crippen molar-refractivity contribution in [3.8, 4) is 5.75 Å². The van der Waals surface area contributed by atoms with Gasteiger partial charge in [-0.2, -0.15) is 0 Å². The van der Waals surface area contributed by atoms with Crippen LogP contribution in [-0.4, -0.2) is 79.5 Å². The number of nitrogens with one attached hydrogen (secondary N) is 3. The predicted molar refractivity (Wildman–Crippen MR) is 138 cm³/mol. The lowest BCUT2D eigenvalue weighted by atomic mass is 9.96. The number of carboxylic acid groups (broad SMARTS) is 1. The predicted octanol–water partition coefficient (Wildman–Crippen LogP) is 0.319. The molecule has 206 valence electrons. The van der Waals surface area contributed by atoms with E-state index in [9.17, 15) is 29.4 Å². The van der Waals surface area contributed by atoms with Crippen LogP contribution in [0.15, 0.2) is 36.8 Å². The summed E-state index contributed by atoms with van der Waals surface area (Å²) in [5.74, 6) is -2.86. The summed E-state index contributed by atoms with van der Waals surface area (Å²) in [5, 5.41) is 24.5. The highest BCUT2D eigenvalue weighted by atomic mass is 16.4. The zero-order chi connectivity index (χ0) is 27.8. The van der Waals surface area contributed by atoms with E-state index in [4.69, 9.17) is 5.73 Å². The maximum Gasteiger partial charge on any atom is 0.326 e. The molecule has 7 N–H and O–H groups in total. The van der Waals surface area contributed by atoms with Gasteiger partial charge in [0.25, 0.3) is 0 Å². The third-order valence-electron chi connectivity index (χ3n) is 6.94. The van der Waals surface area contributed by atoms with Crippen LogP contribution in [0.25, 0.3) is 0 Å². The Kier molecular flexibility index (Phi) is 9.83. The number of rotatable bonds is 12. The Labute approximate surface area is 221 Å². The van der Waals surface area contributed by atoms with Crippen LogP contribution in [0.5, 0.6) is 5.75 Å². The van der Waals surface area contributed by atoms with E-state index in [0.29, 0.717) is 25.0 Å². The molecule has 38 heavy (non-hydrogen) atoms. The highest BCUT2D eigenvalue weighted by molar-refractivity contribution is 5.94. The topological polar surface area (TPSA) is 191 Å². The van der Waals surface area contributed by atoms with Crippen molar-refractivity contribution in [2.45, 2.75) is 70.1 Å². The van der Waals surface area contributed by atoms with Crippen LogP contribution in [-0.2, 0) is 32.0 Å². The van der Waals surface area contributed by atoms with Crippen LogP contribution >= 0.6 is 0 Å². The Hall–Kier alpha value is -3.93. The second-order valence-corrected chi connectivity index (χ2v) is 9.72. The van der Waals surface area contributed by atoms with E-state index >= 15 is 0 Å². The molecule has 12 nitrogen and oxygen atoms in total. The minimum absolute atomic E-state index is 0.0783. The molecule has 12 heteroatoms. The lowest BCUT2D eigenvalue weighted by molar-refractivity contribution is -0.149. The van der Waals surface area contributed by atoms with Crippen LogP contribution < -0.4 is 16.4 Å². The smallest absolute Gasteiger partial charge is 0.326 e. The molecule has 2 heterocycles. The van der Waals surface area contributed by atoms with E-state index in [2.05, 4.69) is 20.6 Å². The number of amides is 3. The number of likely N-dealkylation sites (tertiary alicyclic amines) is 1. The molecule has 0 aliphatic carbocycles. The molecule has 3 rings (SSSR count). The largest absolute Gasteiger partial charge is 0.508 e. The van der Waals surface area contributed by atoms with Gasteiger partial charge in [0.1, 0.15) is 23.9 Å². The average Bonchev–Trinajstić information content (AvgIpc) is 3.59. The summed E-state index contributed by atoms with van der Waals surface area (Å²) in [6.07, 6.45) is 4.72. The number of aromatic amines is 1. The number of imidazole rings is 1. The summed E-state index contributed by atoms with van der Waals surface area (Å²) < 4.78 is 0. The summed E-state index contributed by atoms with van der Waals surface area (Å²) in [4.78, 5) is 59.7. The molecule has 0 radical (unpaired) electrons. The van der Waals surface area contributed by atoms with Crippen LogP contribution in [0.3, 0.4) is 0 Å². The number of aromatic nitrogens is 2. The van der Waals surface area contributed by atoms with E-state index < -0.39 is 47.9 Å². The number of H-pyrrole nitrogens is 1. The van der Waals surface area contributed by atoms with Gasteiger partial charge in [-0.1, -0.05) is 32.4 Å². The summed E-state index contributed by atoms with van der Waals surface area (Å²) in [6, 6.07) is 2.41. The number of carboxylic acids is 1. The lowest BCUT2D eigenvalue weighted by Gasteiger charge is -2.30. The van der Waals surface area contributed by atoms with E-state index in [1.54, 1.807) is 12.1 Å². The Morgan fingerprint density at radius 1 is 1.16 bits per heavy atom. The Morgan fingerprint density at radius 2 is 1.87 bits per heavy atom. The van der Waals surface area contributed by atoms with Crippen molar-refractivity contribution in [2.24, 2.45) is 11.7 Å². The number of aliphatic carboxylic acids is 1. The second kappa shape index (κ2) is 13.0. The van der Waals surface area contributed by atoms with E-state index in [1.807, 2.05) is 13.8 Å². The van der Waals surface area contributed by atoms with Gasteiger partial charge in [-0.15, -0.1) is 0 Å². The molecule has 1 saturated heterocycles. The van der Waals surface area contributed by atoms with Crippen molar-refractivity contribution in [2.75, 3.05) is 6.54 Å². The number of hydrogen-bond acceptors (Lipinski definition) is 7. The standard InChI is InChI=1S/C26H36N6O6/c1-3-15(2)22(31-23(34)19(27)11-16-6-8-18(33)9-7-16)24(35)30-20(12-17-13-28-14-29-17)25(36)32-10-4-5-21(32)26(37)38/h6-9,13-15,19-22,33H,3-5,10-12,27H2,1-2H3,(H,28,29)(H,30,35)(H,31,34)(H,37,38). The first-order chi connectivity index (χ1) is 18.1.